The SMILES string of the molecule is O=C(CC/C=C/CC(O)C1=CC=C(C2CCC(CC3CC3O)CC2)CC1)NC1C=CC(C2CCC(NC(O)O)CC2)=CC1. The predicted octanol–water partition coefficient (Wildman–Crippen LogP) is 5.09. The molecule has 238 valence electrons. The molecule has 0 saturated heterocycles. The van der Waals surface area contributed by atoms with E-state index >= 15 is 0 Å². The lowest BCUT2D eigenvalue weighted by Gasteiger charge is -2.31. The molecule has 5 rings (SSSR count). The van der Waals surface area contributed by atoms with Crippen molar-refractivity contribution >= 4 is 5.91 Å². The maximum Gasteiger partial charge on any atom is 0.220 e. The molecule has 0 aromatic heterocycles. The first-order chi connectivity index (χ1) is 20.8. The Bertz CT molecular complexity index is 1080. The van der Waals surface area contributed by atoms with Crippen molar-refractivity contribution in [2.45, 2.75) is 133 Å². The lowest BCUT2D eigenvalue weighted by molar-refractivity contribution is -0.121. The number of carbonyl (C=O) groups is 1. The van der Waals surface area contributed by atoms with E-state index in [1.807, 2.05) is 12.2 Å². The lowest BCUT2D eigenvalue weighted by atomic mass is 9.74. The van der Waals surface area contributed by atoms with Gasteiger partial charge in [-0.1, -0.05) is 48.1 Å². The number of carbonyl (C=O) groups excluding carboxylic acids is 1. The molecule has 5 aliphatic rings. The second kappa shape index (κ2) is 15.8. The Kier molecular flexibility index (Phi) is 11.9. The molecule has 3 saturated carbocycles. The zero-order chi connectivity index (χ0) is 30.2. The summed E-state index contributed by atoms with van der Waals surface area (Å²) in [6.07, 6.45) is 28.9. The van der Waals surface area contributed by atoms with Crippen LogP contribution in [0.25, 0.3) is 0 Å². The van der Waals surface area contributed by atoms with Gasteiger partial charge in [-0.15, -0.1) is 0 Å². The van der Waals surface area contributed by atoms with Crippen molar-refractivity contribution in [3.8, 4) is 0 Å². The summed E-state index contributed by atoms with van der Waals surface area (Å²) in [5, 5.41) is 44.5. The van der Waals surface area contributed by atoms with Gasteiger partial charge in [-0.25, -0.2) is 0 Å². The van der Waals surface area contributed by atoms with Crippen molar-refractivity contribution in [1.82, 2.24) is 10.6 Å². The van der Waals surface area contributed by atoms with Crippen molar-refractivity contribution in [1.29, 1.82) is 0 Å². The van der Waals surface area contributed by atoms with Gasteiger partial charge in [0.2, 0.25) is 12.3 Å². The lowest BCUT2D eigenvalue weighted by Crippen LogP contribution is -2.40. The highest BCUT2D eigenvalue weighted by Crippen LogP contribution is 2.43. The number of aliphatic hydroxyl groups is 4. The fourth-order valence-electron chi connectivity index (χ4n) is 7.81. The zero-order valence-electron chi connectivity index (χ0n) is 25.7. The highest BCUT2D eigenvalue weighted by molar-refractivity contribution is 5.76. The molecular formula is C36H54N2O5. The molecule has 0 aliphatic heterocycles. The third-order valence-corrected chi connectivity index (χ3v) is 10.7. The molecule has 43 heavy (non-hydrogen) atoms. The quantitative estimate of drug-likeness (QED) is 0.131. The van der Waals surface area contributed by atoms with Crippen LogP contribution < -0.4 is 10.6 Å². The summed E-state index contributed by atoms with van der Waals surface area (Å²) in [7, 11) is 0. The van der Waals surface area contributed by atoms with Crippen molar-refractivity contribution in [3.05, 3.63) is 59.3 Å². The molecule has 5 aliphatic carbocycles. The van der Waals surface area contributed by atoms with Crippen LogP contribution in [0.15, 0.2) is 59.3 Å². The monoisotopic (exact) mass is 594 g/mol. The van der Waals surface area contributed by atoms with E-state index in [4.69, 9.17) is 10.2 Å². The van der Waals surface area contributed by atoms with Crippen LogP contribution in [0.4, 0.5) is 0 Å². The first-order valence-corrected chi connectivity index (χ1v) is 17.0. The van der Waals surface area contributed by atoms with Crippen molar-refractivity contribution < 1.29 is 25.2 Å². The molecule has 0 bridgehead atoms. The van der Waals surface area contributed by atoms with Crippen LogP contribution in [-0.2, 0) is 4.79 Å². The zero-order valence-corrected chi connectivity index (χ0v) is 25.7. The first-order valence-electron chi connectivity index (χ1n) is 17.0. The van der Waals surface area contributed by atoms with Gasteiger partial charge in [0.25, 0.3) is 0 Å². The Morgan fingerprint density at radius 3 is 2.33 bits per heavy atom. The van der Waals surface area contributed by atoms with Gasteiger partial charge in [-0.05, 0) is 131 Å². The van der Waals surface area contributed by atoms with E-state index in [0.29, 0.717) is 37.0 Å². The minimum absolute atomic E-state index is 0.0170. The predicted molar refractivity (Wildman–Crippen MR) is 169 cm³/mol. The van der Waals surface area contributed by atoms with Crippen LogP contribution in [0.3, 0.4) is 0 Å². The molecule has 1 amide bonds. The van der Waals surface area contributed by atoms with Gasteiger partial charge in [0.15, 0.2) is 0 Å². The number of amides is 1. The van der Waals surface area contributed by atoms with Crippen LogP contribution in [0, 0.1) is 23.7 Å². The van der Waals surface area contributed by atoms with E-state index in [2.05, 4.69) is 41.0 Å². The summed E-state index contributed by atoms with van der Waals surface area (Å²) in [6.45, 7) is 0. The summed E-state index contributed by atoms with van der Waals surface area (Å²) in [5.74, 6) is 2.64. The molecule has 6 N–H and O–H groups in total. The highest BCUT2D eigenvalue weighted by atomic mass is 16.5. The third-order valence-electron chi connectivity index (χ3n) is 10.7. The molecule has 0 radical (unpaired) electrons. The third kappa shape index (κ3) is 9.98. The Labute approximate surface area is 257 Å². The topological polar surface area (TPSA) is 122 Å². The van der Waals surface area contributed by atoms with Gasteiger partial charge in [0.05, 0.1) is 18.2 Å². The van der Waals surface area contributed by atoms with E-state index in [0.717, 1.165) is 62.9 Å². The van der Waals surface area contributed by atoms with Crippen LogP contribution >= 0.6 is 0 Å². The van der Waals surface area contributed by atoms with Gasteiger partial charge in [0, 0.05) is 12.5 Å². The molecular weight excluding hydrogens is 540 g/mol. The van der Waals surface area contributed by atoms with Gasteiger partial charge in [-0.2, -0.15) is 0 Å². The van der Waals surface area contributed by atoms with Crippen molar-refractivity contribution in [2.24, 2.45) is 23.7 Å². The average Bonchev–Trinajstić information content (AvgIpc) is 3.71. The van der Waals surface area contributed by atoms with Crippen LogP contribution in [0.2, 0.25) is 0 Å². The summed E-state index contributed by atoms with van der Waals surface area (Å²) in [5.41, 5.74) is 4.01. The molecule has 0 aromatic carbocycles. The van der Waals surface area contributed by atoms with Crippen LogP contribution in [0.5, 0.6) is 0 Å². The van der Waals surface area contributed by atoms with Gasteiger partial charge < -0.3 is 25.7 Å². The number of aliphatic hydroxyl groups excluding tert-OH is 3. The first kappa shape index (κ1) is 32.4. The average molecular weight is 595 g/mol. The second-order valence-electron chi connectivity index (χ2n) is 13.8. The molecule has 4 unspecified atom stereocenters. The van der Waals surface area contributed by atoms with E-state index in [1.54, 1.807) is 5.57 Å². The maximum atomic E-state index is 12.5. The van der Waals surface area contributed by atoms with E-state index < -0.39 is 12.5 Å². The second-order valence-corrected chi connectivity index (χ2v) is 13.8. The smallest absolute Gasteiger partial charge is 0.220 e. The van der Waals surface area contributed by atoms with E-state index in [1.165, 1.54) is 37.7 Å². The highest BCUT2D eigenvalue weighted by Gasteiger charge is 2.37. The van der Waals surface area contributed by atoms with Crippen molar-refractivity contribution in [3.63, 3.8) is 0 Å². The van der Waals surface area contributed by atoms with E-state index in [-0.39, 0.29) is 24.1 Å². The summed E-state index contributed by atoms with van der Waals surface area (Å²) >= 11 is 0. The molecule has 0 heterocycles. The Morgan fingerprint density at radius 2 is 1.70 bits per heavy atom. The minimum Gasteiger partial charge on any atom is -0.393 e. The van der Waals surface area contributed by atoms with Gasteiger partial charge in [0.1, 0.15) is 0 Å². The van der Waals surface area contributed by atoms with Crippen LogP contribution in [-0.4, -0.2) is 57.0 Å². The standard InChI is InChI=1S/C36H54N2O5/c39-33(29-12-10-26(11-13-29)25-8-6-24(7-9-25)22-30-23-34(30)40)4-2-1-3-5-35(41)37-31-18-14-27(15-19-31)28-16-20-32(21-17-28)38-36(42)43/h1-2,10,12,14-15,18,24-25,28,30-34,36,38-40,42-43H,3-9,11,13,16-17,19-23H2,(H,37,41)/b2-1+. The number of allylic oxidation sites excluding steroid dienone is 6. The van der Waals surface area contributed by atoms with Gasteiger partial charge >= 0.3 is 0 Å². The Morgan fingerprint density at radius 1 is 0.953 bits per heavy atom. The van der Waals surface area contributed by atoms with Crippen LogP contribution in [0.1, 0.15) is 103 Å². The molecule has 0 aromatic rings. The largest absolute Gasteiger partial charge is 0.393 e. The Hall–Kier alpha value is -2.03. The molecule has 7 heteroatoms. The fraction of sp³-hybridized carbons (Fsp3) is 0.694. The normalized spacial score (nSPS) is 33.6. The van der Waals surface area contributed by atoms with Crippen molar-refractivity contribution in [2.75, 3.05) is 0 Å². The molecule has 3 fully saturated rings. The number of nitrogens with one attached hydrogen (secondary N) is 2. The number of rotatable bonds is 13. The Balaban J connectivity index is 0.936. The number of hydrogen-bond donors (Lipinski definition) is 6. The molecule has 0 spiro atoms. The minimum atomic E-state index is -1.44. The fourth-order valence-corrected chi connectivity index (χ4v) is 7.81. The van der Waals surface area contributed by atoms with E-state index in [9.17, 15) is 15.0 Å². The summed E-state index contributed by atoms with van der Waals surface area (Å²) in [6, 6.07) is 0.199. The molecule has 4 atom stereocenters. The summed E-state index contributed by atoms with van der Waals surface area (Å²) in [4.78, 5) is 12.5. The van der Waals surface area contributed by atoms with Gasteiger partial charge in [-0.3, -0.25) is 10.1 Å². The summed E-state index contributed by atoms with van der Waals surface area (Å²) < 4.78 is 0. The maximum absolute atomic E-state index is 12.5. The number of hydrogen-bond acceptors (Lipinski definition) is 6. The molecule has 7 nitrogen and oxygen atoms in total.